The van der Waals surface area contributed by atoms with Crippen molar-refractivity contribution in [2.45, 2.75) is 13.8 Å². The van der Waals surface area contributed by atoms with Gasteiger partial charge in [0.05, 0.1) is 7.11 Å². The minimum absolute atomic E-state index is 0.582. The van der Waals surface area contributed by atoms with Crippen LogP contribution in [0.5, 0.6) is 5.75 Å². The highest BCUT2D eigenvalue weighted by Crippen LogP contribution is 2.27. The Balaban J connectivity index is 2.73. The minimum Gasteiger partial charge on any atom is -0.494 e. The highest BCUT2D eigenvalue weighted by atomic mass is 32.2. The third-order valence-corrected chi connectivity index (χ3v) is 3.10. The van der Waals surface area contributed by atoms with Crippen molar-refractivity contribution in [3.63, 3.8) is 0 Å². The van der Waals surface area contributed by atoms with Crippen LogP contribution in [0.25, 0.3) is 0 Å². The van der Waals surface area contributed by atoms with Gasteiger partial charge in [-0.3, -0.25) is 0 Å². The molecule has 0 aromatic heterocycles. The van der Waals surface area contributed by atoms with Gasteiger partial charge in [-0.2, -0.15) is 0 Å². The molecule has 0 aliphatic rings. The first-order valence-corrected chi connectivity index (χ1v) is 6.22. The normalized spacial score (nSPS) is 11.9. The predicted molar refractivity (Wildman–Crippen MR) is 71.6 cm³/mol. The Morgan fingerprint density at radius 1 is 1.44 bits per heavy atom. The maximum Gasteiger partial charge on any atom is 0.159 e. The van der Waals surface area contributed by atoms with Crippen molar-refractivity contribution in [2.75, 3.05) is 12.9 Å². The maximum absolute atomic E-state index is 5.84. The van der Waals surface area contributed by atoms with Crippen molar-refractivity contribution in [3.8, 4) is 5.75 Å². The number of amidine groups is 1. The van der Waals surface area contributed by atoms with E-state index in [1.54, 1.807) is 18.9 Å². The molecule has 0 amide bonds. The van der Waals surface area contributed by atoms with Crippen LogP contribution in [0.2, 0.25) is 0 Å². The molecule has 0 spiro atoms. The Morgan fingerprint density at radius 2 is 2.12 bits per heavy atom. The van der Waals surface area contributed by atoms with Crippen LogP contribution in [-0.2, 0) is 0 Å². The van der Waals surface area contributed by atoms with E-state index in [0.29, 0.717) is 11.1 Å². The summed E-state index contributed by atoms with van der Waals surface area (Å²) in [5.74, 6) is 2.33. The molecular formula is C12H18N2OS. The fourth-order valence-corrected chi connectivity index (χ4v) is 1.79. The Labute approximate surface area is 101 Å². The van der Waals surface area contributed by atoms with Gasteiger partial charge in [0, 0.05) is 5.75 Å². The van der Waals surface area contributed by atoms with Crippen LogP contribution in [0, 0.1) is 5.92 Å². The second-order valence-electron chi connectivity index (χ2n) is 3.83. The Bertz CT molecular complexity index is 364. The van der Waals surface area contributed by atoms with Crippen molar-refractivity contribution in [1.29, 1.82) is 0 Å². The molecule has 4 heteroatoms. The first kappa shape index (κ1) is 12.9. The van der Waals surface area contributed by atoms with E-state index in [4.69, 9.17) is 10.5 Å². The zero-order chi connectivity index (χ0) is 12.0. The summed E-state index contributed by atoms with van der Waals surface area (Å²) < 4.78 is 5.20. The maximum atomic E-state index is 5.84. The van der Waals surface area contributed by atoms with E-state index in [0.717, 1.165) is 17.2 Å². The van der Waals surface area contributed by atoms with Gasteiger partial charge in [-0.1, -0.05) is 37.7 Å². The predicted octanol–water partition coefficient (Wildman–Crippen LogP) is 3.03. The van der Waals surface area contributed by atoms with Gasteiger partial charge in [0.15, 0.2) is 5.17 Å². The first-order valence-electron chi connectivity index (χ1n) is 5.23. The molecule has 0 fully saturated rings. The molecule has 0 saturated carbocycles. The lowest BCUT2D eigenvalue weighted by Crippen LogP contribution is -2.08. The molecule has 0 aliphatic carbocycles. The smallest absolute Gasteiger partial charge is 0.159 e. The molecule has 1 aromatic carbocycles. The third kappa shape index (κ3) is 4.14. The number of nitrogens with two attached hydrogens (primary N) is 1. The number of aliphatic imine (C=N–C) groups is 1. The molecule has 0 aliphatic heterocycles. The topological polar surface area (TPSA) is 47.6 Å². The Morgan fingerprint density at radius 3 is 2.75 bits per heavy atom. The monoisotopic (exact) mass is 238 g/mol. The minimum atomic E-state index is 0.582. The summed E-state index contributed by atoms with van der Waals surface area (Å²) in [5, 5.41) is 0.582. The second kappa shape index (κ2) is 6.43. The third-order valence-electron chi connectivity index (χ3n) is 1.88. The van der Waals surface area contributed by atoms with Gasteiger partial charge < -0.3 is 10.5 Å². The number of benzene rings is 1. The highest BCUT2D eigenvalue weighted by molar-refractivity contribution is 8.13. The Kier molecular flexibility index (Phi) is 5.19. The zero-order valence-corrected chi connectivity index (χ0v) is 10.8. The molecule has 0 atom stereocenters. The molecule has 2 N–H and O–H groups in total. The van der Waals surface area contributed by atoms with Gasteiger partial charge in [0.25, 0.3) is 0 Å². The molecule has 0 saturated heterocycles. The number of methoxy groups -OCH3 is 1. The van der Waals surface area contributed by atoms with Crippen LogP contribution in [-0.4, -0.2) is 18.0 Å². The molecule has 1 aromatic rings. The SMILES string of the molecule is COc1ccccc1N=C(N)SCC(C)C. The average molecular weight is 238 g/mol. The molecular weight excluding hydrogens is 220 g/mol. The summed E-state index contributed by atoms with van der Waals surface area (Å²) in [7, 11) is 1.63. The van der Waals surface area contributed by atoms with Gasteiger partial charge in [0.1, 0.15) is 11.4 Å². The van der Waals surface area contributed by atoms with Gasteiger partial charge in [0.2, 0.25) is 0 Å². The van der Waals surface area contributed by atoms with Crippen molar-refractivity contribution in [3.05, 3.63) is 24.3 Å². The lowest BCUT2D eigenvalue weighted by atomic mass is 10.3. The van der Waals surface area contributed by atoms with E-state index in [9.17, 15) is 0 Å². The average Bonchev–Trinajstić information content (AvgIpc) is 2.27. The van der Waals surface area contributed by atoms with E-state index in [-0.39, 0.29) is 0 Å². The van der Waals surface area contributed by atoms with Crippen LogP contribution in [0.1, 0.15) is 13.8 Å². The van der Waals surface area contributed by atoms with E-state index in [2.05, 4.69) is 18.8 Å². The first-order chi connectivity index (χ1) is 7.63. The number of para-hydroxylation sites is 2. The van der Waals surface area contributed by atoms with Crippen LogP contribution in [0.3, 0.4) is 0 Å². The molecule has 0 bridgehead atoms. The molecule has 0 radical (unpaired) electrons. The van der Waals surface area contributed by atoms with Crippen molar-refractivity contribution in [2.24, 2.45) is 16.6 Å². The van der Waals surface area contributed by atoms with Crippen LogP contribution < -0.4 is 10.5 Å². The van der Waals surface area contributed by atoms with Crippen molar-refractivity contribution >= 4 is 22.6 Å². The standard InChI is InChI=1S/C12H18N2OS/c1-9(2)8-16-12(13)14-10-6-4-5-7-11(10)15-3/h4-7,9H,8H2,1-3H3,(H2,13,14). The summed E-state index contributed by atoms with van der Waals surface area (Å²) in [6.07, 6.45) is 0. The lowest BCUT2D eigenvalue weighted by molar-refractivity contribution is 0.416. The van der Waals surface area contributed by atoms with E-state index < -0.39 is 0 Å². The van der Waals surface area contributed by atoms with Crippen molar-refractivity contribution < 1.29 is 4.74 Å². The number of hydrogen-bond donors (Lipinski definition) is 1. The highest BCUT2D eigenvalue weighted by Gasteiger charge is 2.02. The summed E-state index contributed by atoms with van der Waals surface area (Å²) in [6, 6.07) is 7.60. The number of nitrogens with zero attached hydrogens (tertiary/aromatic N) is 1. The quantitative estimate of drug-likeness (QED) is 0.648. The summed E-state index contributed by atoms with van der Waals surface area (Å²) >= 11 is 1.57. The fourth-order valence-electron chi connectivity index (χ4n) is 1.13. The zero-order valence-electron chi connectivity index (χ0n) is 9.93. The van der Waals surface area contributed by atoms with Gasteiger partial charge in [-0.05, 0) is 18.1 Å². The van der Waals surface area contributed by atoms with Gasteiger partial charge >= 0.3 is 0 Å². The van der Waals surface area contributed by atoms with Gasteiger partial charge in [-0.15, -0.1) is 0 Å². The van der Waals surface area contributed by atoms with E-state index in [1.165, 1.54) is 0 Å². The fraction of sp³-hybridized carbons (Fsp3) is 0.417. The molecule has 0 heterocycles. The molecule has 3 nitrogen and oxygen atoms in total. The van der Waals surface area contributed by atoms with Crippen LogP contribution in [0.15, 0.2) is 29.3 Å². The lowest BCUT2D eigenvalue weighted by Gasteiger charge is -2.06. The van der Waals surface area contributed by atoms with E-state index in [1.807, 2.05) is 24.3 Å². The molecule has 16 heavy (non-hydrogen) atoms. The van der Waals surface area contributed by atoms with Crippen LogP contribution >= 0.6 is 11.8 Å². The molecule has 88 valence electrons. The summed E-state index contributed by atoms with van der Waals surface area (Å²) in [4.78, 5) is 4.33. The molecule has 1 rings (SSSR count). The largest absolute Gasteiger partial charge is 0.494 e. The number of rotatable bonds is 4. The number of thioether (sulfide) groups is 1. The summed E-state index contributed by atoms with van der Waals surface area (Å²) in [5.41, 5.74) is 6.61. The molecule has 0 unspecified atom stereocenters. The van der Waals surface area contributed by atoms with Crippen molar-refractivity contribution in [1.82, 2.24) is 0 Å². The summed E-state index contributed by atoms with van der Waals surface area (Å²) in [6.45, 7) is 4.31. The Hall–Kier alpha value is -1.16. The van der Waals surface area contributed by atoms with Gasteiger partial charge in [-0.25, -0.2) is 4.99 Å². The number of ether oxygens (including phenoxy) is 1. The van der Waals surface area contributed by atoms with Crippen LogP contribution in [0.4, 0.5) is 5.69 Å². The second-order valence-corrected chi connectivity index (χ2v) is 4.87. The number of hydrogen-bond acceptors (Lipinski definition) is 3. The van der Waals surface area contributed by atoms with E-state index >= 15 is 0 Å².